The Hall–Kier alpha value is -0.540. The van der Waals surface area contributed by atoms with E-state index in [4.69, 9.17) is 0 Å². The molecule has 0 unspecified atom stereocenters. The molecule has 1 saturated heterocycles. The summed E-state index contributed by atoms with van der Waals surface area (Å²) in [6.45, 7) is 15.1. The molecule has 1 aromatic carbocycles. The highest BCUT2D eigenvalue weighted by atomic mass is 35.5. The van der Waals surface area contributed by atoms with Crippen LogP contribution >= 0.6 is 24.8 Å². The van der Waals surface area contributed by atoms with Crippen LogP contribution in [-0.2, 0) is 0 Å². The van der Waals surface area contributed by atoms with Gasteiger partial charge in [0.05, 0.1) is 0 Å². The Morgan fingerprint density at radius 3 is 2.33 bits per heavy atom. The SMILES string of the molecule is C=C(C)C[C@H](c1ccc(C)c(C)c1)N1CCNCC1.Cl.Cl. The van der Waals surface area contributed by atoms with E-state index in [0.29, 0.717) is 6.04 Å². The first kappa shape index (κ1) is 20.5. The summed E-state index contributed by atoms with van der Waals surface area (Å²) in [7, 11) is 0. The number of nitrogens with zero attached hydrogens (tertiary/aromatic N) is 1. The predicted molar refractivity (Wildman–Crippen MR) is 97.0 cm³/mol. The molecular weight excluding hydrogens is 303 g/mol. The van der Waals surface area contributed by atoms with Gasteiger partial charge in [-0.1, -0.05) is 23.8 Å². The van der Waals surface area contributed by atoms with Crippen LogP contribution in [0.2, 0.25) is 0 Å². The van der Waals surface area contributed by atoms with Gasteiger partial charge in [-0.3, -0.25) is 4.90 Å². The molecule has 21 heavy (non-hydrogen) atoms. The zero-order valence-corrected chi connectivity index (χ0v) is 14.9. The van der Waals surface area contributed by atoms with Crippen molar-refractivity contribution in [1.29, 1.82) is 0 Å². The summed E-state index contributed by atoms with van der Waals surface area (Å²) in [6, 6.07) is 7.38. The van der Waals surface area contributed by atoms with E-state index in [0.717, 1.165) is 32.6 Å². The molecule has 120 valence electrons. The molecule has 4 heteroatoms. The molecule has 2 rings (SSSR count). The number of aryl methyl sites for hydroxylation is 2. The summed E-state index contributed by atoms with van der Waals surface area (Å²) < 4.78 is 0. The first-order chi connectivity index (χ1) is 9.08. The molecule has 0 amide bonds. The summed E-state index contributed by atoms with van der Waals surface area (Å²) in [5.41, 5.74) is 5.47. The summed E-state index contributed by atoms with van der Waals surface area (Å²) in [4.78, 5) is 2.59. The third kappa shape index (κ3) is 5.63. The highest BCUT2D eigenvalue weighted by molar-refractivity contribution is 5.85. The molecule has 0 saturated carbocycles. The van der Waals surface area contributed by atoms with E-state index in [1.54, 1.807) is 0 Å². The first-order valence-corrected chi connectivity index (χ1v) is 7.24. The molecule has 0 aliphatic carbocycles. The molecule has 0 aromatic heterocycles. The van der Waals surface area contributed by atoms with Crippen molar-refractivity contribution < 1.29 is 0 Å². The summed E-state index contributed by atoms with van der Waals surface area (Å²) in [5, 5.41) is 3.43. The number of benzene rings is 1. The van der Waals surface area contributed by atoms with Gasteiger partial charge < -0.3 is 5.32 Å². The maximum Gasteiger partial charge on any atom is 0.0386 e. The molecule has 1 fully saturated rings. The molecule has 1 aliphatic rings. The molecule has 1 heterocycles. The van der Waals surface area contributed by atoms with Gasteiger partial charge >= 0.3 is 0 Å². The normalized spacial score (nSPS) is 16.5. The van der Waals surface area contributed by atoms with Crippen LogP contribution in [0, 0.1) is 13.8 Å². The first-order valence-electron chi connectivity index (χ1n) is 7.24. The number of hydrogen-bond acceptors (Lipinski definition) is 2. The van der Waals surface area contributed by atoms with E-state index in [1.165, 1.54) is 22.3 Å². The van der Waals surface area contributed by atoms with E-state index in [2.05, 4.69) is 55.8 Å². The molecule has 1 atom stereocenters. The van der Waals surface area contributed by atoms with Crippen LogP contribution in [0.15, 0.2) is 30.4 Å². The lowest BCUT2D eigenvalue weighted by Crippen LogP contribution is -2.45. The van der Waals surface area contributed by atoms with Crippen molar-refractivity contribution in [2.24, 2.45) is 0 Å². The minimum Gasteiger partial charge on any atom is -0.314 e. The molecule has 1 aromatic rings. The molecular formula is C17H28Cl2N2. The van der Waals surface area contributed by atoms with E-state index in [-0.39, 0.29) is 24.8 Å². The summed E-state index contributed by atoms with van der Waals surface area (Å²) in [6.07, 6.45) is 1.06. The van der Waals surface area contributed by atoms with Crippen LogP contribution in [0.4, 0.5) is 0 Å². The summed E-state index contributed by atoms with van der Waals surface area (Å²) >= 11 is 0. The average molecular weight is 331 g/mol. The monoisotopic (exact) mass is 330 g/mol. The van der Waals surface area contributed by atoms with Crippen LogP contribution in [0.25, 0.3) is 0 Å². The Morgan fingerprint density at radius 2 is 1.81 bits per heavy atom. The Bertz CT molecular complexity index is 454. The van der Waals surface area contributed by atoms with Crippen molar-refractivity contribution in [2.45, 2.75) is 33.2 Å². The fourth-order valence-electron chi connectivity index (χ4n) is 2.75. The number of rotatable bonds is 4. The van der Waals surface area contributed by atoms with Crippen molar-refractivity contribution in [1.82, 2.24) is 10.2 Å². The smallest absolute Gasteiger partial charge is 0.0386 e. The Labute approximate surface area is 141 Å². The predicted octanol–water partition coefficient (Wildman–Crippen LogP) is 4.06. The maximum atomic E-state index is 4.11. The van der Waals surface area contributed by atoms with E-state index >= 15 is 0 Å². The van der Waals surface area contributed by atoms with Crippen molar-refractivity contribution in [2.75, 3.05) is 26.2 Å². The van der Waals surface area contributed by atoms with Crippen LogP contribution in [0.5, 0.6) is 0 Å². The van der Waals surface area contributed by atoms with Crippen LogP contribution in [0.3, 0.4) is 0 Å². The van der Waals surface area contributed by atoms with Gasteiger partial charge in [0.25, 0.3) is 0 Å². The second-order valence-electron chi connectivity index (χ2n) is 5.81. The van der Waals surface area contributed by atoms with Gasteiger partial charge in [0.1, 0.15) is 0 Å². The molecule has 1 aliphatic heterocycles. The van der Waals surface area contributed by atoms with E-state index < -0.39 is 0 Å². The van der Waals surface area contributed by atoms with Gasteiger partial charge in [-0.05, 0) is 43.9 Å². The lowest BCUT2D eigenvalue weighted by atomic mass is 9.95. The number of piperazine rings is 1. The summed E-state index contributed by atoms with van der Waals surface area (Å²) in [5.74, 6) is 0. The van der Waals surface area contributed by atoms with Gasteiger partial charge in [-0.15, -0.1) is 31.4 Å². The second-order valence-corrected chi connectivity index (χ2v) is 5.81. The Morgan fingerprint density at radius 1 is 1.19 bits per heavy atom. The number of nitrogens with one attached hydrogen (secondary N) is 1. The quantitative estimate of drug-likeness (QED) is 0.837. The molecule has 1 N–H and O–H groups in total. The zero-order chi connectivity index (χ0) is 13.8. The minimum atomic E-state index is 0. The molecule has 0 spiro atoms. The second kappa shape index (κ2) is 9.47. The van der Waals surface area contributed by atoms with Crippen LogP contribution < -0.4 is 5.32 Å². The third-order valence-electron chi connectivity index (χ3n) is 4.05. The van der Waals surface area contributed by atoms with Gasteiger partial charge in [0, 0.05) is 32.2 Å². The van der Waals surface area contributed by atoms with Crippen LogP contribution in [-0.4, -0.2) is 31.1 Å². The van der Waals surface area contributed by atoms with Crippen molar-refractivity contribution in [3.63, 3.8) is 0 Å². The van der Waals surface area contributed by atoms with Gasteiger partial charge in [0.2, 0.25) is 0 Å². The van der Waals surface area contributed by atoms with Gasteiger partial charge in [-0.25, -0.2) is 0 Å². The topological polar surface area (TPSA) is 15.3 Å². The Balaban J connectivity index is 0.00000200. The number of hydrogen-bond donors (Lipinski definition) is 1. The van der Waals surface area contributed by atoms with Gasteiger partial charge in [-0.2, -0.15) is 0 Å². The van der Waals surface area contributed by atoms with Gasteiger partial charge in [0.15, 0.2) is 0 Å². The van der Waals surface area contributed by atoms with Crippen molar-refractivity contribution in [3.05, 3.63) is 47.0 Å². The lowest BCUT2D eigenvalue weighted by molar-refractivity contribution is 0.172. The zero-order valence-electron chi connectivity index (χ0n) is 13.3. The lowest BCUT2D eigenvalue weighted by Gasteiger charge is -2.35. The number of halogens is 2. The largest absolute Gasteiger partial charge is 0.314 e. The molecule has 0 radical (unpaired) electrons. The Kier molecular flexibility index (Phi) is 9.23. The molecule has 2 nitrogen and oxygen atoms in total. The average Bonchev–Trinajstić information content (AvgIpc) is 2.40. The minimum absolute atomic E-state index is 0. The fraction of sp³-hybridized carbons (Fsp3) is 0.529. The van der Waals surface area contributed by atoms with Crippen molar-refractivity contribution in [3.8, 4) is 0 Å². The van der Waals surface area contributed by atoms with Crippen LogP contribution in [0.1, 0.15) is 36.1 Å². The van der Waals surface area contributed by atoms with Crippen molar-refractivity contribution >= 4 is 24.8 Å². The highest BCUT2D eigenvalue weighted by Crippen LogP contribution is 2.28. The molecule has 0 bridgehead atoms. The standard InChI is InChI=1S/C17H26N2.2ClH/c1-13(2)11-17(19-9-7-18-8-10-19)16-6-5-14(3)15(4)12-16;;/h5-6,12,17-18H,1,7-11H2,2-4H3;2*1H/t17-;;/m1../s1. The van der Waals surface area contributed by atoms with E-state index in [1.807, 2.05) is 0 Å². The maximum absolute atomic E-state index is 4.11. The third-order valence-corrected chi connectivity index (χ3v) is 4.05. The fourth-order valence-corrected chi connectivity index (χ4v) is 2.75. The highest BCUT2D eigenvalue weighted by Gasteiger charge is 2.22. The van der Waals surface area contributed by atoms with E-state index in [9.17, 15) is 0 Å².